The first-order valence-electron chi connectivity index (χ1n) is 19.7. The second kappa shape index (κ2) is 15.1. The van der Waals surface area contributed by atoms with Gasteiger partial charge in [0.25, 0.3) is 17.7 Å². The Morgan fingerprint density at radius 3 is 2.33 bits per heavy atom. The van der Waals surface area contributed by atoms with E-state index in [1.54, 1.807) is 42.7 Å². The maximum absolute atomic E-state index is 13.3. The fourth-order valence-corrected chi connectivity index (χ4v) is 9.50. The average molecular weight is 792 g/mol. The van der Waals surface area contributed by atoms with Crippen LogP contribution in [0.5, 0.6) is 5.75 Å². The van der Waals surface area contributed by atoms with Gasteiger partial charge >= 0.3 is 0 Å². The number of carbonyl (C=O) groups excluding carboxylic acids is 5. The summed E-state index contributed by atoms with van der Waals surface area (Å²) in [6.07, 6.45) is 6.67. The van der Waals surface area contributed by atoms with Crippen molar-refractivity contribution in [2.75, 3.05) is 55.6 Å². The lowest BCUT2D eigenvalue weighted by molar-refractivity contribution is -0.136. The molecule has 9 rings (SSSR count). The molecule has 5 fully saturated rings. The van der Waals surface area contributed by atoms with E-state index < -0.39 is 29.7 Å². The van der Waals surface area contributed by atoms with E-state index in [1.807, 2.05) is 6.07 Å². The number of nitrogens with zero attached hydrogens (tertiary/aromatic N) is 7. The summed E-state index contributed by atoms with van der Waals surface area (Å²) in [5, 5.41) is 14.8. The number of halogens is 1. The first kappa shape index (κ1) is 37.0. The lowest BCUT2D eigenvalue weighted by Gasteiger charge is -2.36. The van der Waals surface area contributed by atoms with Crippen LogP contribution in [0.2, 0.25) is 5.02 Å². The number of nitriles is 1. The molecule has 16 heteroatoms. The van der Waals surface area contributed by atoms with E-state index in [0.29, 0.717) is 50.9 Å². The molecule has 1 aromatic heterocycles. The van der Waals surface area contributed by atoms with Crippen LogP contribution in [0.1, 0.15) is 75.3 Å². The van der Waals surface area contributed by atoms with Crippen LogP contribution in [-0.2, 0) is 9.59 Å². The lowest BCUT2D eigenvalue weighted by atomic mass is 9.93. The fourth-order valence-electron chi connectivity index (χ4n) is 9.29. The molecule has 4 aliphatic heterocycles. The molecular formula is C41H42ClN9O6. The van der Waals surface area contributed by atoms with Gasteiger partial charge in [-0.05, 0) is 80.2 Å². The van der Waals surface area contributed by atoms with Crippen molar-refractivity contribution in [2.45, 2.75) is 56.7 Å². The van der Waals surface area contributed by atoms with Crippen molar-refractivity contribution in [1.29, 1.82) is 5.26 Å². The molecule has 2 aromatic carbocycles. The van der Waals surface area contributed by atoms with Crippen LogP contribution in [0, 0.1) is 29.1 Å². The van der Waals surface area contributed by atoms with Crippen molar-refractivity contribution in [3.63, 3.8) is 0 Å². The molecule has 2 saturated carbocycles. The average Bonchev–Trinajstić information content (AvgIpc) is 3.51. The van der Waals surface area contributed by atoms with E-state index in [2.05, 4.69) is 41.4 Å². The topological polar surface area (TPSA) is 181 Å². The number of fused-ring (bicyclic) bond motifs is 2. The first-order chi connectivity index (χ1) is 27.6. The molecule has 6 aliphatic rings. The zero-order chi connectivity index (χ0) is 39.4. The van der Waals surface area contributed by atoms with Crippen molar-refractivity contribution in [3.8, 4) is 11.8 Å². The number of amides is 5. The second-order valence-corrected chi connectivity index (χ2v) is 16.3. The van der Waals surface area contributed by atoms with Crippen LogP contribution in [0.4, 0.5) is 11.5 Å². The Labute approximate surface area is 334 Å². The molecule has 3 aromatic rings. The monoisotopic (exact) mass is 791 g/mol. The Balaban J connectivity index is 0.702. The van der Waals surface area contributed by atoms with E-state index >= 15 is 0 Å². The normalized spacial score (nSPS) is 27.1. The van der Waals surface area contributed by atoms with Crippen LogP contribution in [0.3, 0.4) is 0 Å². The Morgan fingerprint density at radius 1 is 0.895 bits per heavy atom. The molecule has 5 amide bonds. The molecule has 2 aliphatic carbocycles. The summed E-state index contributed by atoms with van der Waals surface area (Å²) in [6, 6.07) is 11.5. The highest BCUT2D eigenvalue weighted by Gasteiger charge is 2.56. The molecule has 5 heterocycles. The van der Waals surface area contributed by atoms with Gasteiger partial charge in [-0.25, -0.2) is 9.97 Å². The number of hydrogen-bond acceptors (Lipinski definition) is 12. The maximum atomic E-state index is 13.3. The van der Waals surface area contributed by atoms with Gasteiger partial charge in [-0.15, -0.1) is 0 Å². The van der Waals surface area contributed by atoms with Gasteiger partial charge in [0.2, 0.25) is 11.8 Å². The number of aromatic nitrogens is 2. The molecule has 0 bridgehead atoms. The SMILES string of the molecule is N#Cc1ccc(O[C@H]2CC[C@H](NC(=O)c3cnc(N4C[C@@H]5[C@@H](CN6CCN(c7ccc8c(c7)C(=O)N(C7CCC(=O)NC7=O)C8=O)CC6)[C@@H]5C4)cn3)CC2)cc1Cl. The Morgan fingerprint density at radius 2 is 1.65 bits per heavy atom. The van der Waals surface area contributed by atoms with Crippen LogP contribution in [-0.4, -0.2) is 113 Å². The third-order valence-corrected chi connectivity index (χ3v) is 12.9. The number of imide groups is 2. The predicted octanol–water partition coefficient (Wildman–Crippen LogP) is 3.03. The molecule has 4 atom stereocenters. The van der Waals surface area contributed by atoms with Gasteiger partial charge in [0, 0.05) is 70.0 Å². The summed E-state index contributed by atoms with van der Waals surface area (Å²) in [4.78, 5) is 80.5. The predicted molar refractivity (Wildman–Crippen MR) is 207 cm³/mol. The molecule has 2 N–H and O–H groups in total. The zero-order valence-electron chi connectivity index (χ0n) is 31.2. The van der Waals surface area contributed by atoms with Crippen molar-refractivity contribution < 1.29 is 28.7 Å². The van der Waals surface area contributed by atoms with E-state index in [4.69, 9.17) is 21.6 Å². The maximum Gasteiger partial charge on any atom is 0.271 e. The largest absolute Gasteiger partial charge is 0.490 e. The van der Waals surface area contributed by atoms with E-state index in [-0.39, 0.29) is 30.9 Å². The van der Waals surface area contributed by atoms with Crippen molar-refractivity contribution in [3.05, 3.63) is 76.2 Å². The fraction of sp³-hybridized carbons (Fsp3) is 0.463. The minimum absolute atomic E-state index is 0.0203. The van der Waals surface area contributed by atoms with Gasteiger partial charge in [0.15, 0.2) is 0 Å². The van der Waals surface area contributed by atoms with Crippen LogP contribution in [0.25, 0.3) is 0 Å². The Bertz CT molecular complexity index is 2170. The third kappa shape index (κ3) is 7.28. The van der Waals surface area contributed by atoms with Crippen LogP contribution >= 0.6 is 11.6 Å². The summed E-state index contributed by atoms with van der Waals surface area (Å²) < 4.78 is 6.08. The molecule has 0 radical (unpaired) electrons. The Kier molecular flexibility index (Phi) is 9.78. The third-order valence-electron chi connectivity index (χ3n) is 12.6. The highest BCUT2D eigenvalue weighted by molar-refractivity contribution is 6.31. The first-order valence-corrected chi connectivity index (χ1v) is 20.1. The number of piperazine rings is 1. The highest BCUT2D eigenvalue weighted by atomic mass is 35.5. The number of nitrogens with one attached hydrogen (secondary N) is 2. The number of benzene rings is 2. The zero-order valence-corrected chi connectivity index (χ0v) is 32.0. The quantitative estimate of drug-likeness (QED) is 0.303. The summed E-state index contributed by atoms with van der Waals surface area (Å²) in [5.41, 5.74) is 2.19. The second-order valence-electron chi connectivity index (χ2n) is 15.9. The lowest BCUT2D eigenvalue weighted by Crippen LogP contribution is -2.54. The molecule has 294 valence electrons. The number of hydrogen-bond donors (Lipinski definition) is 2. The highest BCUT2D eigenvalue weighted by Crippen LogP contribution is 2.52. The van der Waals surface area contributed by atoms with Gasteiger partial charge in [0.05, 0.1) is 40.2 Å². The standard InChI is InChI=1S/C41H42ClN9O6/c42-33-16-27(5-1-23(33)17-43)57-26-6-2-24(3-7-26)46-38(53)34-18-45-36(19-44-34)50-21-31-30(32(31)22-50)20-48-11-13-49(14-12-48)25-4-8-28-29(15-25)41(56)51(40(28)55)35-9-10-37(52)47-39(35)54/h1,4-5,8,15-16,18-19,24,26,30-32,35H,2-3,6-7,9-14,20-22H2,(H,46,53)(H,47,52,54)/t24-,26-,30-,31-,32+,35?. The van der Waals surface area contributed by atoms with Gasteiger partial charge in [-0.2, -0.15) is 5.26 Å². The molecule has 57 heavy (non-hydrogen) atoms. The summed E-state index contributed by atoms with van der Waals surface area (Å²) in [5.74, 6) is 1.07. The Hall–Kier alpha value is -5.59. The van der Waals surface area contributed by atoms with Crippen molar-refractivity contribution in [1.82, 2.24) is 30.4 Å². The van der Waals surface area contributed by atoms with E-state index in [1.165, 1.54) is 0 Å². The van der Waals surface area contributed by atoms with Crippen molar-refractivity contribution >= 4 is 52.6 Å². The van der Waals surface area contributed by atoms with Gasteiger partial charge in [-0.1, -0.05) is 11.6 Å². The molecule has 3 saturated heterocycles. The van der Waals surface area contributed by atoms with Crippen LogP contribution in [0.15, 0.2) is 48.8 Å². The minimum Gasteiger partial charge on any atom is -0.490 e. The van der Waals surface area contributed by atoms with Gasteiger partial charge in [-0.3, -0.25) is 39.1 Å². The van der Waals surface area contributed by atoms with Gasteiger partial charge < -0.3 is 19.9 Å². The van der Waals surface area contributed by atoms with Gasteiger partial charge in [0.1, 0.15) is 29.4 Å². The molecule has 15 nitrogen and oxygen atoms in total. The smallest absolute Gasteiger partial charge is 0.271 e. The van der Waals surface area contributed by atoms with E-state index in [0.717, 1.165) is 87.9 Å². The van der Waals surface area contributed by atoms with Crippen LogP contribution < -0.4 is 25.2 Å². The molecule has 0 spiro atoms. The number of rotatable bonds is 9. The number of carbonyl (C=O) groups is 5. The molecular weight excluding hydrogens is 750 g/mol. The summed E-state index contributed by atoms with van der Waals surface area (Å²) in [7, 11) is 0. The summed E-state index contributed by atoms with van der Waals surface area (Å²) in [6.45, 7) is 6.27. The molecule has 1 unspecified atom stereocenters. The number of ether oxygens (including phenoxy) is 1. The summed E-state index contributed by atoms with van der Waals surface area (Å²) >= 11 is 6.14. The minimum atomic E-state index is -0.975. The number of piperidine rings is 2. The van der Waals surface area contributed by atoms with Crippen molar-refractivity contribution in [2.24, 2.45) is 17.8 Å². The van der Waals surface area contributed by atoms with E-state index in [9.17, 15) is 24.0 Å². The number of anilines is 2.